The minimum atomic E-state index is -0.534. The summed E-state index contributed by atoms with van der Waals surface area (Å²) in [5.41, 5.74) is 2.09. The Bertz CT molecular complexity index is 754. The number of aliphatic hydroxyl groups is 1. The summed E-state index contributed by atoms with van der Waals surface area (Å²) in [7, 11) is 0. The first kappa shape index (κ1) is 17.4. The number of benzene rings is 2. The van der Waals surface area contributed by atoms with E-state index in [1.807, 2.05) is 6.07 Å². The van der Waals surface area contributed by atoms with E-state index in [-0.39, 0.29) is 24.1 Å². The molecule has 0 aliphatic heterocycles. The van der Waals surface area contributed by atoms with Crippen molar-refractivity contribution in [3.63, 3.8) is 0 Å². The third kappa shape index (κ3) is 4.54. The van der Waals surface area contributed by atoms with Crippen LogP contribution in [0.1, 0.15) is 28.4 Å². The predicted octanol–water partition coefficient (Wildman–Crippen LogP) is 2.42. The molecule has 0 aromatic heterocycles. The van der Waals surface area contributed by atoms with E-state index in [4.69, 9.17) is 10.4 Å². The lowest BCUT2D eigenvalue weighted by Gasteiger charge is -2.11. The van der Waals surface area contributed by atoms with Gasteiger partial charge in [-0.05, 0) is 48.9 Å². The molecule has 0 saturated carbocycles. The van der Waals surface area contributed by atoms with Crippen LogP contribution in [0, 0.1) is 17.1 Å². The van der Waals surface area contributed by atoms with Gasteiger partial charge in [-0.3, -0.25) is 4.79 Å². The van der Waals surface area contributed by atoms with Gasteiger partial charge in [-0.2, -0.15) is 5.26 Å². The smallest absolute Gasteiger partial charge is 0.251 e. The van der Waals surface area contributed by atoms with E-state index in [2.05, 4.69) is 10.6 Å². The maximum atomic E-state index is 13.3. The van der Waals surface area contributed by atoms with Gasteiger partial charge in [-0.1, -0.05) is 6.07 Å². The maximum absolute atomic E-state index is 13.3. The molecule has 0 heterocycles. The predicted molar refractivity (Wildman–Crippen MR) is 88.9 cm³/mol. The molecule has 0 bridgehead atoms. The Kier molecular flexibility index (Phi) is 5.88. The first-order valence-electron chi connectivity index (χ1n) is 7.47. The van der Waals surface area contributed by atoms with Gasteiger partial charge in [0.1, 0.15) is 11.9 Å². The fraction of sp³-hybridized carbons (Fsp3) is 0.222. The molecule has 0 radical (unpaired) electrons. The van der Waals surface area contributed by atoms with Crippen molar-refractivity contribution < 1.29 is 14.3 Å². The minimum absolute atomic E-state index is 0.0133. The van der Waals surface area contributed by atoms with Gasteiger partial charge >= 0.3 is 0 Å². The van der Waals surface area contributed by atoms with Crippen molar-refractivity contribution in [2.75, 3.05) is 11.9 Å². The molecule has 124 valence electrons. The van der Waals surface area contributed by atoms with Gasteiger partial charge in [-0.15, -0.1) is 0 Å². The zero-order valence-electron chi connectivity index (χ0n) is 13.2. The van der Waals surface area contributed by atoms with E-state index < -0.39 is 5.82 Å². The number of nitrogens with one attached hydrogen (secondary N) is 2. The normalized spacial score (nSPS) is 11.4. The molecule has 3 N–H and O–H groups in total. The van der Waals surface area contributed by atoms with Crippen LogP contribution in [0.15, 0.2) is 42.5 Å². The van der Waals surface area contributed by atoms with E-state index in [1.54, 1.807) is 37.3 Å². The van der Waals surface area contributed by atoms with Crippen molar-refractivity contribution in [1.82, 2.24) is 5.32 Å². The number of halogens is 1. The van der Waals surface area contributed by atoms with Crippen molar-refractivity contribution in [2.24, 2.45) is 0 Å². The highest BCUT2D eigenvalue weighted by atomic mass is 19.1. The standard InChI is InChI=1S/C18H18FN3O2/c1-12(11-23)22-18(24)14-3-5-16(6-4-14)21-10-13-2-7-17(19)15(8-13)9-20/h2-8,12,21,23H,10-11H2,1H3,(H,22,24). The number of aliphatic hydroxyl groups excluding tert-OH is 1. The fourth-order valence-electron chi connectivity index (χ4n) is 2.06. The van der Waals surface area contributed by atoms with Crippen LogP contribution in [0.3, 0.4) is 0 Å². The molecule has 0 fully saturated rings. The molecule has 0 saturated heterocycles. The summed E-state index contributed by atoms with van der Waals surface area (Å²) in [6.45, 7) is 2.03. The number of carbonyl (C=O) groups is 1. The number of hydrogen-bond donors (Lipinski definition) is 3. The topological polar surface area (TPSA) is 85.2 Å². The van der Waals surface area contributed by atoms with Gasteiger partial charge in [-0.25, -0.2) is 4.39 Å². The van der Waals surface area contributed by atoms with Gasteiger partial charge < -0.3 is 15.7 Å². The van der Waals surface area contributed by atoms with Crippen LogP contribution in [0.4, 0.5) is 10.1 Å². The maximum Gasteiger partial charge on any atom is 0.251 e. The SMILES string of the molecule is CC(CO)NC(=O)c1ccc(NCc2ccc(F)c(C#N)c2)cc1. The van der Waals surface area contributed by atoms with Crippen LogP contribution < -0.4 is 10.6 Å². The van der Waals surface area contributed by atoms with Crippen LogP contribution >= 0.6 is 0 Å². The van der Waals surface area contributed by atoms with Crippen LogP contribution in [-0.2, 0) is 6.54 Å². The van der Waals surface area contributed by atoms with Crippen molar-refractivity contribution in [2.45, 2.75) is 19.5 Å². The van der Waals surface area contributed by atoms with Crippen LogP contribution in [-0.4, -0.2) is 23.7 Å². The molecule has 2 aromatic rings. The third-order valence-corrected chi connectivity index (χ3v) is 3.45. The number of anilines is 1. The summed E-state index contributed by atoms with van der Waals surface area (Å²) in [6, 6.07) is 12.8. The van der Waals surface area contributed by atoms with Gasteiger partial charge in [0.15, 0.2) is 0 Å². The van der Waals surface area contributed by atoms with Crippen molar-refractivity contribution >= 4 is 11.6 Å². The first-order chi connectivity index (χ1) is 11.5. The zero-order valence-corrected chi connectivity index (χ0v) is 13.2. The fourth-order valence-corrected chi connectivity index (χ4v) is 2.06. The molecule has 0 spiro atoms. The summed E-state index contributed by atoms with van der Waals surface area (Å²) in [5.74, 6) is -0.783. The summed E-state index contributed by atoms with van der Waals surface area (Å²) >= 11 is 0. The Morgan fingerprint density at radius 3 is 2.62 bits per heavy atom. The number of rotatable bonds is 6. The summed E-state index contributed by atoms with van der Waals surface area (Å²) in [4.78, 5) is 11.9. The molecule has 2 rings (SSSR count). The summed E-state index contributed by atoms with van der Waals surface area (Å²) < 4.78 is 13.3. The van der Waals surface area contributed by atoms with Gasteiger partial charge in [0.05, 0.1) is 12.2 Å². The molecule has 24 heavy (non-hydrogen) atoms. The quantitative estimate of drug-likeness (QED) is 0.761. The van der Waals surface area contributed by atoms with E-state index in [9.17, 15) is 9.18 Å². The van der Waals surface area contributed by atoms with Crippen molar-refractivity contribution in [3.8, 4) is 6.07 Å². The summed E-state index contributed by atoms with van der Waals surface area (Å²) in [5, 5.41) is 23.6. The molecule has 5 nitrogen and oxygen atoms in total. The molecule has 1 unspecified atom stereocenters. The Morgan fingerprint density at radius 2 is 2.00 bits per heavy atom. The van der Waals surface area contributed by atoms with Crippen LogP contribution in [0.5, 0.6) is 0 Å². The molecule has 0 aliphatic carbocycles. The Labute approximate surface area is 139 Å². The largest absolute Gasteiger partial charge is 0.394 e. The lowest BCUT2D eigenvalue weighted by Crippen LogP contribution is -2.34. The number of nitrogens with zero attached hydrogens (tertiary/aromatic N) is 1. The van der Waals surface area contributed by atoms with E-state index in [1.165, 1.54) is 12.1 Å². The average molecular weight is 327 g/mol. The van der Waals surface area contributed by atoms with E-state index >= 15 is 0 Å². The average Bonchev–Trinajstić information content (AvgIpc) is 2.61. The van der Waals surface area contributed by atoms with Gasteiger partial charge in [0, 0.05) is 23.8 Å². The van der Waals surface area contributed by atoms with Crippen molar-refractivity contribution in [1.29, 1.82) is 5.26 Å². The Hall–Kier alpha value is -2.91. The second-order valence-electron chi connectivity index (χ2n) is 5.41. The highest BCUT2D eigenvalue weighted by Crippen LogP contribution is 2.14. The van der Waals surface area contributed by atoms with Gasteiger partial charge in [0.2, 0.25) is 0 Å². The molecule has 6 heteroatoms. The monoisotopic (exact) mass is 327 g/mol. The second kappa shape index (κ2) is 8.09. The summed E-state index contributed by atoms with van der Waals surface area (Å²) in [6.07, 6.45) is 0. The first-order valence-corrected chi connectivity index (χ1v) is 7.47. The lowest BCUT2D eigenvalue weighted by atomic mass is 10.1. The number of carbonyl (C=O) groups excluding carboxylic acids is 1. The van der Waals surface area contributed by atoms with E-state index in [0.717, 1.165) is 11.3 Å². The molecule has 0 aliphatic rings. The minimum Gasteiger partial charge on any atom is -0.394 e. The molecule has 1 amide bonds. The molecular formula is C18H18FN3O2. The van der Waals surface area contributed by atoms with Gasteiger partial charge in [0.25, 0.3) is 5.91 Å². The highest BCUT2D eigenvalue weighted by Gasteiger charge is 2.08. The highest BCUT2D eigenvalue weighted by molar-refractivity contribution is 5.94. The van der Waals surface area contributed by atoms with Crippen molar-refractivity contribution in [3.05, 3.63) is 65.0 Å². The number of hydrogen-bond acceptors (Lipinski definition) is 4. The second-order valence-corrected chi connectivity index (χ2v) is 5.41. The molecular weight excluding hydrogens is 309 g/mol. The lowest BCUT2D eigenvalue weighted by molar-refractivity contribution is 0.0922. The van der Waals surface area contributed by atoms with E-state index in [0.29, 0.717) is 12.1 Å². The van der Waals surface area contributed by atoms with Crippen LogP contribution in [0.25, 0.3) is 0 Å². The molecule has 1 atom stereocenters. The number of amides is 1. The molecule has 2 aromatic carbocycles. The number of nitriles is 1. The Balaban J connectivity index is 1.97. The van der Waals surface area contributed by atoms with Crippen LogP contribution in [0.2, 0.25) is 0 Å². The third-order valence-electron chi connectivity index (χ3n) is 3.45. The Morgan fingerprint density at radius 1 is 1.29 bits per heavy atom. The zero-order chi connectivity index (χ0) is 17.5.